The molecule has 18 heavy (non-hydrogen) atoms. The van der Waals surface area contributed by atoms with Crippen molar-refractivity contribution < 1.29 is 0 Å². The zero-order valence-corrected chi connectivity index (χ0v) is 11.0. The fraction of sp³-hybridized carbons (Fsp3) is 0.286. The molecule has 1 aromatic carbocycles. The third-order valence-electron chi connectivity index (χ3n) is 2.91. The van der Waals surface area contributed by atoms with E-state index in [4.69, 9.17) is 0 Å². The zero-order chi connectivity index (χ0) is 13.0. The van der Waals surface area contributed by atoms with E-state index in [-0.39, 0.29) is 0 Å². The predicted molar refractivity (Wildman–Crippen MR) is 74.0 cm³/mol. The van der Waals surface area contributed by atoms with Crippen LogP contribution in [0.5, 0.6) is 0 Å². The van der Waals surface area contributed by atoms with Crippen LogP contribution in [0.25, 0.3) is 0 Å². The molecule has 2 N–H and O–H groups in total. The van der Waals surface area contributed by atoms with Crippen molar-refractivity contribution in [2.45, 2.75) is 20.4 Å². The second kappa shape index (κ2) is 5.60. The highest BCUT2D eigenvalue weighted by Crippen LogP contribution is 2.21. The maximum atomic E-state index is 4.44. The minimum absolute atomic E-state index is 0.669. The van der Waals surface area contributed by atoms with E-state index in [1.807, 2.05) is 19.2 Å². The van der Waals surface area contributed by atoms with Gasteiger partial charge in [-0.3, -0.25) is 0 Å². The Hall–Kier alpha value is -1.94. The summed E-state index contributed by atoms with van der Waals surface area (Å²) in [6.07, 6.45) is 1.77. The van der Waals surface area contributed by atoms with Crippen LogP contribution in [-0.2, 0) is 6.54 Å². The van der Waals surface area contributed by atoms with Crippen molar-refractivity contribution >= 4 is 11.5 Å². The molecule has 94 valence electrons. The highest BCUT2D eigenvalue weighted by Gasteiger charge is 2.03. The van der Waals surface area contributed by atoms with Crippen LogP contribution in [0.15, 0.2) is 30.5 Å². The second-order valence-corrected chi connectivity index (χ2v) is 4.26. The van der Waals surface area contributed by atoms with E-state index in [2.05, 4.69) is 46.6 Å². The van der Waals surface area contributed by atoms with Gasteiger partial charge in [-0.2, -0.15) is 0 Å². The molecule has 0 radical (unpaired) electrons. The number of hydrogen-bond acceptors (Lipinski definition) is 4. The average Bonchev–Trinajstić information content (AvgIpc) is 2.36. The molecule has 0 saturated heterocycles. The number of hydrogen-bond donors (Lipinski definition) is 2. The zero-order valence-electron chi connectivity index (χ0n) is 11.0. The third-order valence-corrected chi connectivity index (χ3v) is 2.91. The monoisotopic (exact) mass is 242 g/mol. The molecule has 0 aliphatic carbocycles. The molecular weight excluding hydrogens is 224 g/mol. The first-order valence-corrected chi connectivity index (χ1v) is 6.00. The van der Waals surface area contributed by atoms with Gasteiger partial charge in [-0.05, 0) is 44.2 Å². The lowest BCUT2D eigenvalue weighted by atomic mass is 10.1. The Morgan fingerprint density at radius 1 is 1.17 bits per heavy atom. The Morgan fingerprint density at radius 2 is 2.00 bits per heavy atom. The lowest BCUT2D eigenvalue weighted by molar-refractivity contribution is 0.759. The largest absolute Gasteiger partial charge is 0.340 e. The molecule has 0 spiro atoms. The Morgan fingerprint density at radius 3 is 2.78 bits per heavy atom. The van der Waals surface area contributed by atoms with Crippen LogP contribution in [0.3, 0.4) is 0 Å². The molecule has 0 unspecified atom stereocenters. The Bertz CT molecular complexity index is 537. The van der Waals surface area contributed by atoms with Crippen molar-refractivity contribution in [2.24, 2.45) is 0 Å². The van der Waals surface area contributed by atoms with Crippen molar-refractivity contribution in [3.8, 4) is 0 Å². The molecule has 1 aromatic heterocycles. The van der Waals surface area contributed by atoms with Crippen molar-refractivity contribution in [2.75, 3.05) is 12.4 Å². The Kier molecular flexibility index (Phi) is 3.89. The summed E-state index contributed by atoms with van der Waals surface area (Å²) in [5.41, 5.74) is 3.60. The minimum atomic E-state index is 0.669. The van der Waals surface area contributed by atoms with Crippen molar-refractivity contribution in [1.82, 2.24) is 15.3 Å². The van der Waals surface area contributed by atoms with Gasteiger partial charge in [-0.15, -0.1) is 0 Å². The van der Waals surface area contributed by atoms with Gasteiger partial charge in [-0.1, -0.05) is 12.1 Å². The third kappa shape index (κ3) is 2.84. The van der Waals surface area contributed by atoms with Crippen LogP contribution in [0.4, 0.5) is 11.5 Å². The van der Waals surface area contributed by atoms with Crippen molar-refractivity contribution in [1.29, 1.82) is 0 Å². The van der Waals surface area contributed by atoms with Gasteiger partial charge in [0.1, 0.15) is 11.6 Å². The van der Waals surface area contributed by atoms with Crippen molar-refractivity contribution in [3.63, 3.8) is 0 Å². The van der Waals surface area contributed by atoms with E-state index in [1.54, 1.807) is 6.20 Å². The quantitative estimate of drug-likeness (QED) is 0.865. The van der Waals surface area contributed by atoms with Gasteiger partial charge in [0, 0.05) is 11.9 Å². The fourth-order valence-corrected chi connectivity index (χ4v) is 1.74. The van der Waals surface area contributed by atoms with Gasteiger partial charge in [0.25, 0.3) is 0 Å². The molecular formula is C14H18N4. The number of aryl methyl sites for hydroxylation is 1. The van der Waals surface area contributed by atoms with Gasteiger partial charge in [0.2, 0.25) is 0 Å². The predicted octanol–water partition coefficient (Wildman–Crippen LogP) is 2.56. The van der Waals surface area contributed by atoms with Crippen LogP contribution in [0, 0.1) is 13.8 Å². The topological polar surface area (TPSA) is 49.8 Å². The lowest BCUT2D eigenvalue weighted by Gasteiger charge is -2.11. The van der Waals surface area contributed by atoms with E-state index in [0.29, 0.717) is 6.54 Å². The van der Waals surface area contributed by atoms with E-state index in [0.717, 1.165) is 17.3 Å². The number of anilines is 2. The number of rotatable bonds is 4. The van der Waals surface area contributed by atoms with Gasteiger partial charge in [-0.25, -0.2) is 9.97 Å². The number of nitrogens with zero attached hydrogens (tertiary/aromatic N) is 2. The van der Waals surface area contributed by atoms with Crippen molar-refractivity contribution in [3.05, 3.63) is 47.4 Å². The first-order valence-electron chi connectivity index (χ1n) is 6.00. The summed E-state index contributed by atoms with van der Waals surface area (Å²) in [5.74, 6) is 1.61. The van der Waals surface area contributed by atoms with Crippen LogP contribution >= 0.6 is 0 Å². The summed E-state index contributed by atoms with van der Waals surface area (Å²) in [6.45, 7) is 4.88. The van der Waals surface area contributed by atoms with Crippen LogP contribution in [0.1, 0.15) is 17.0 Å². The summed E-state index contributed by atoms with van der Waals surface area (Å²) >= 11 is 0. The van der Waals surface area contributed by atoms with Crippen LogP contribution in [0.2, 0.25) is 0 Å². The summed E-state index contributed by atoms with van der Waals surface area (Å²) in [5, 5.41) is 6.38. The molecule has 2 aromatic rings. The molecule has 1 heterocycles. The van der Waals surface area contributed by atoms with Crippen LogP contribution in [-0.4, -0.2) is 17.0 Å². The van der Waals surface area contributed by atoms with Gasteiger partial charge in [0.15, 0.2) is 0 Å². The minimum Gasteiger partial charge on any atom is -0.340 e. The molecule has 0 saturated carbocycles. The first kappa shape index (κ1) is 12.5. The summed E-state index contributed by atoms with van der Waals surface area (Å²) in [6, 6.07) is 8.08. The molecule has 0 aliphatic rings. The van der Waals surface area contributed by atoms with E-state index >= 15 is 0 Å². The molecule has 2 rings (SSSR count). The molecule has 0 bridgehead atoms. The highest BCUT2D eigenvalue weighted by molar-refractivity contribution is 5.61. The first-order chi connectivity index (χ1) is 8.70. The SMILES string of the molecule is CNCc1nccc(Nc2cccc(C)c2C)n1. The molecule has 4 heteroatoms. The maximum Gasteiger partial charge on any atom is 0.144 e. The normalized spacial score (nSPS) is 10.4. The number of nitrogens with one attached hydrogen (secondary N) is 2. The smallest absolute Gasteiger partial charge is 0.144 e. The Labute approximate surface area is 107 Å². The summed E-state index contributed by atoms with van der Waals surface area (Å²) in [4.78, 5) is 8.64. The van der Waals surface area contributed by atoms with E-state index < -0.39 is 0 Å². The molecule has 4 nitrogen and oxygen atoms in total. The lowest BCUT2D eigenvalue weighted by Crippen LogP contribution is -2.09. The molecule has 0 aliphatic heterocycles. The fourth-order valence-electron chi connectivity index (χ4n) is 1.74. The molecule has 0 atom stereocenters. The van der Waals surface area contributed by atoms with Gasteiger partial charge in [0.05, 0.1) is 6.54 Å². The number of benzene rings is 1. The van der Waals surface area contributed by atoms with E-state index in [1.165, 1.54) is 11.1 Å². The molecule has 0 amide bonds. The van der Waals surface area contributed by atoms with E-state index in [9.17, 15) is 0 Å². The highest BCUT2D eigenvalue weighted by atomic mass is 15.0. The number of aromatic nitrogens is 2. The van der Waals surface area contributed by atoms with Gasteiger partial charge >= 0.3 is 0 Å². The summed E-state index contributed by atoms with van der Waals surface area (Å²) < 4.78 is 0. The summed E-state index contributed by atoms with van der Waals surface area (Å²) in [7, 11) is 1.88. The van der Waals surface area contributed by atoms with Crippen LogP contribution < -0.4 is 10.6 Å². The average molecular weight is 242 g/mol. The molecule has 0 fully saturated rings. The standard InChI is InChI=1S/C14H18N4/c1-10-5-4-6-12(11(10)2)17-13-7-8-16-14(18-13)9-15-3/h4-8,15H,9H2,1-3H3,(H,16,17,18). The second-order valence-electron chi connectivity index (χ2n) is 4.26. The maximum absolute atomic E-state index is 4.44. The van der Waals surface area contributed by atoms with Gasteiger partial charge < -0.3 is 10.6 Å². The Balaban J connectivity index is 2.23.